The molecule has 0 rings (SSSR count). The zero-order valence-electron chi connectivity index (χ0n) is 5.92. The fourth-order valence-electron chi connectivity index (χ4n) is 0.213. The molecule has 0 saturated heterocycles. The molecule has 9 heavy (non-hydrogen) atoms. The second-order valence-corrected chi connectivity index (χ2v) is 4.55. The molecular weight excluding hydrogens is 133 g/mol. The molecule has 2 radical (unpaired) electrons. The molecule has 0 aromatic carbocycles. The molecule has 0 saturated carbocycles. The second-order valence-electron chi connectivity index (χ2n) is 2.62. The maximum absolute atomic E-state index is 10.9. The lowest BCUT2D eigenvalue weighted by Crippen LogP contribution is -2.19. The van der Waals surface area contributed by atoms with Gasteiger partial charge >= 0.3 is 0 Å². The first-order valence-electron chi connectivity index (χ1n) is 2.64. The Labute approximate surface area is 59.8 Å². The van der Waals surface area contributed by atoms with Crippen molar-refractivity contribution in [2.75, 3.05) is 0 Å². The van der Waals surface area contributed by atoms with Crippen LogP contribution in [0.15, 0.2) is 4.40 Å². The van der Waals surface area contributed by atoms with E-state index in [0.717, 1.165) is 6.11 Å². The molecule has 0 amide bonds. The standard InChI is InChI=1S/C5H10BNOS/c1-5(2,3)9(8)7-4-6/h4H,1-3H3/t9-/m1/s1. The molecule has 0 aliphatic heterocycles. The van der Waals surface area contributed by atoms with Crippen molar-refractivity contribution >= 4 is 24.9 Å². The van der Waals surface area contributed by atoms with Crippen LogP contribution in [0.1, 0.15) is 20.8 Å². The van der Waals surface area contributed by atoms with Gasteiger partial charge in [0.2, 0.25) is 0 Å². The van der Waals surface area contributed by atoms with E-state index in [9.17, 15) is 4.21 Å². The van der Waals surface area contributed by atoms with E-state index in [1.54, 1.807) is 0 Å². The molecule has 50 valence electrons. The Morgan fingerprint density at radius 2 is 2.00 bits per heavy atom. The number of nitrogens with zero attached hydrogens (tertiary/aromatic N) is 1. The first kappa shape index (κ1) is 8.88. The average Bonchev–Trinajstić information content (AvgIpc) is 1.64. The SMILES string of the molecule is [B]C=N[S@](=O)C(C)(C)C. The summed E-state index contributed by atoms with van der Waals surface area (Å²) < 4.78 is 14.1. The average molecular weight is 143 g/mol. The van der Waals surface area contributed by atoms with Crippen molar-refractivity contribution in [2.24, 2.45) is 4.40 Å². The van der Waals surface area contributed by atoms with E-state index in [2.05, 4.69) is 4.40 Å². The quantitative estimate of drug-likeness (QED) is 0.391. The van der Waals surface area contributed by atoms with Gasteiger partial charge in [-0.25, -0.2) is 8.61 Å². The van der Waals surface area contributed by atoms with Crippen LogP contribution in [0.3, 0.4) is 0 Å². The van der Waals surface area contributed by atoms with Crippen LogP contribution in [0.25, 0.3) is 0 Å². The third kappa shape index (κ3) is 3.46. The van der Waals surface area contributed by atoms with E-state index < -0.39 is 11.0 Å². The van der Waals surface area contributed by atoms with Crippen molar-refractivity contribution in [3.8, 4) is 0 Å². The summed E-state index contributed by atoms with van der Waals surface area (Å²) >= 11 is 0. The Hall–Kier alpha value is -0.115. The smallest absolute Gasteiger partial charge is 0.143 e. The normalized spacial score (nSPS) is 16.3. The van der Waals surface area contributed by atoms with Crippen LogP contribution in [-0.2, 0) is 11.0 Å². The summed E-state index contributed by atoms with van der Waals surface area (Å²) in [5, 5.41) is 0. The van der Waals surface area contributed by atoms with E-state index in [1.807, 2.05) is 20.8 Å². The van der Waals surface area contributed by atoms with Crippen molar-refractivity contribution in [1.29, 1.82) is 0 Å². The lowest BCUT2D eigenvalue weighted by atomic mass is 10.2. The van der Waals surface area contributed by atoms with Gasteiger partial charge in [0.05, 0.1) is 4.75 Å². The summed E-state index contributed by atoms with van der Waals surface area (Å²) in [7, 11) is 3.75. The van der Waals surface area contributed by atoms with Gasteiger partial charge in [0.15, 0.2) is 0 Å². The first-order chi connectivity index (χ1) is 3.98. The lowest BCUT2D eigenvalue weighted by molar-refractivity contribution is 0.651. The Morgan fingerprint density at radius 1 is 1.56 bits per heavy atom. The molecule has 0 aliphatic rings. The Kier molecular flexibility index (Phi) is 3.11. The monoisotopic (exact) mass is 143 g/mol. The minimum Gasteiger partial charge on any atom is -0.235 e. The summed E-state index contributed by atoms with van der Waals surface area (Å²) in [5.41, 5.74) is 0. The number of rotatable bonds is 1. The van der Waals surface area contributed by atoms with Gasteiger partial charge in [-0.1, -0.05) is 0 Å². The van der Waals surface area contributed by atoms with Crippen molar-refractivity contribution in [3.63, 3.8) is 0 Å². The van der Waals surface area contributed by atoms with Gasteiger partial charge in [-0.3, -0.25) is 0 Å². The third-order valence-electron chi connectivity index (χ3n) is 0.680. The van der Waals surface area contributed by atoms with Crippen molar-refractivity contribution in [1.82, 2.24) is 0 Å². The summed E-state index contributed by atoms with van der Waals surface area (Å²) in [6, 6.07) is 0. The predicted molar refractivity (Wildman–Crippen MR) is 42.1 cm³/mol. The molecule has 2 nitrogen and oxygen atoms in total. The van der Waals surface area contributed by atoms with Gasteiger partial charge in [-0.2, -0.15) is 0 Å². The summed E-state index contributed by atoms with van der Waals surface area (Å²) in [4.78, 5) is 0. The molecule has 0 spiro atoms. The van der Waals surface area contributed by atoms with E-state index in [1.165, 1.54) is 0 Å². The maximum Gasteiger partial charge on any atom is 0.143 e. The zero-order chi connectivity index (χ0) is 7.49. The van der Waals surface area contributed by atoms with Crippen molar-refractivity contribution < 1.29 is 4.21 Å². The fourth-order valence-corrected chi connectivity index (χ4v) is 0.640. The molecule has 4 heteroatoms. The number of hydrogen-bond acceptors (Lipinski definition) is 1. The minimum absolute atomic E-state index is 0.296. The minimum atomic E-state index is -1.19. The zero-order valence-corrected chi connectivity index (χ0v) is 6.73. The van der Waals surface area contributed by atoms with Gasteiger partial charge < -0.3 is 0 Å². The van der Waals surface area contributed by atoms with Crippen LogP contribution in [0.2, 0.25) is 0 Å². The molecule has 0 bridgehead atoms. The van der Waals surface area contributed by atoms with Crippen molar-refractivity contribution in [2.45, 2.75) is 25.5 Å². The van der Waals surface area contributed by atoms with Gasteiger partial charge in [-0.05, 0) is 26.9 Å². The molecule has 0 N–H and O–H groups in total. The second kappa shape index (κ2) is 3.15. The first-order valence-corrected chi connectivity index (χ1v) is 3.75. The summed E-state index contributed by atoms with van der Waals surface area (Å²) in [5.74, 6) is 0. The molecule has 0 aromatic heterocycles. The highest BCUT2D eigenvalue weighted by Crippen LogP contribution is 2.10. The lowest BCUT2D eigenvalue weighted by Gasteiger charge is -2.12. The van der Waals surface area contributed by atoms with Gasteiger partial charge in [0, 0.05) is 0 Å². The van der Waals surface area contributed by atoms with E-state index in [0.29, 0.717) is 0 Å². The van der Waals surface area contributed by atoms with Crippen molar-refractivity contribution in [3.05, 3.63) is 0 Å². The largest absolute Gasteiger partial charge is 0.235 e. The molecule has 0 unspecified atom stereocenters. The van der Waals surface area contributed by atoms with Gasteiger partial charge in [-0.15, -0.1) is 0 Å². The topological polar surface area (TPSA) is 29.4 Å². The molecule has 0 heterocycles. The molecular formula is C5H10BNOS. The highest BCUT2D eigenvalue weighted by atomic mass is 32.2. The number of hydrogen-bond donors (Lipinski definition) is 0. The third-order valence-corrected chi connectivity index (χ3v) is 2.04. The molecule has 1 atom stereocenters. The van der Waals surface area contributed by atoms with Gasteiger partial charge in [0.1, 0.15) is 18.8 Å². The van der Waals surface area contributed by atoms with Crippen LogP contribution in [0.5, 0.6) is 0 Å². The van der Waals surface area contributed by atoms with Gasteiger partial charge in [0.25, 0.3) is 0 Å². The highest BCUT2D eigenvalue weighted by molar-refractivity contribution is 7.85. The predicted octanol–water partition coefficient (Wildman–Crippen LogP) is 0.645. The molecule has 0 fully saturated rings. The Bertz CT molecular complexity index is 138. The van der Waals surface area contributed by atoms with Crippen LogP contribution < -0.4 is 0 Å². The highest BCUT2D eigenvalue weighted by Gasteiger charge is 2.17. The fraction of sp³-hybridized carbons (Fsp3) is 0.800. The Balaban J connectivity index is 4.06. The van der Waals surface area contributed by atoms with E-state index in [4.69, 9.17) is 7.85 Å². The summed E-state index contributed by atoms with van der Waals surface area (Å²) in [6.45, 7) is 5.53. The van der Waals surface area contributed by atoms with Crippen LogP contribution >= 0.6 is 0 Å². The maximum atomic E-state index is 10.9. The van der Waals surface area contributed by atoms with Crippen LogP contribution in [-0.4, -0.2) is 22.9 Å². The van der Waals surface area contributed by atoms with E-state index >= 15 is 0 Å². The molecule has 0 aromatic rings. The molecule has 0 aliphatic carbocycles. The summed E-state index contributed by atoms with van der Waals surface area (Å²) in [6.07, 6.45) is 1.07. The van der Waals surface area contributed by atoms with E-state index in [-0.39, 0.29) is 4.75 Å². The van der Waals surface area contributed by atoms with Crippen LogP contribution in [0.4, 0.5) is 0 Å². The van der Waals surface area contributed by atoms with Crippen LogP contribution in [0, 0.1) is 0 Å². The Morgan fingerprint density at radius 3 is 2.11 bits per heavy atom.